The van der Waals surface area contributed by atoms with E-state index in [1.165, 1.54) is 6.92 Å². The van der Waals surface area contributed by atoms with Crippen molar-refractivity contribution in [3.8, 4) is 0 Å². The van der Waals surface area contributed by atoms with Gasteiger partial charge in [-0.1, -0.05) is 28.1 Å². The minimum atomic E-state index is -0.580. The molecule has 0 heterocycles. The molecule has 1 aromatic rings. The van der Waals surface area contributed by atoms with E-state index in [0.717, 1.165) is 10.0 Å². The molecule has 0 spiro atoms. The van der Waals surface area contributed by atoms with Crippen molar-refractivity contribution in [3.63, 3.8) is 0 Å². The van der Waals surface area contributed by atoms with Crippen LogP contribution in [-0.2, 0) is 16.0 Å². The van der Waals surface area contributed by atoms with Crippen LogP contribution in [0.1, 0.15) is 33.3 Å². The van der Waals surface area contributed by atoms with Crippen molar-refractivity contribution in [3.05, 3.63) is 34.3 Å². The lowest BCUT2D eigenvalue weighted by molar-refractivity contribution is -0.119. The van der Waals surface area contributed by atoms with Crippen LogP contribution in [0.3, 0.4) is 0 Å². The number of alkyl carbamates (subject to hydrolysis) is 1. The highest BCUT2D eigenvalue weighted by Crippen LogP contribution is 2.13. The third-order valence-electron chi connectivity index (χ3n) is 2.53. The molecule has 20 heavy (non-hydrogen) atoms. The van der Waals surface area contributed by atoms with Gasteiger partial charge in [0.05, 0.1) is 6.04 Å². The van der Waals surface area contributed by atoms with Crippen LogP contribution in [0, 0.1) is 0 Å². The normalized spacial score (nSPS) is 12.7. The molecule has 0 radical (unpaired) electrons. The van der Waals surface area contributed by atoms with Gasteiger partial charge < -0.3 is 10.1 Å². The van der Waals surface area contributed by atoms with Gasteiger partial charge in [-0.2, -0.15) is 0 Å². The Labute approximate surface area is 128 Å². The van der Waals surface area contributed by atoms with E-state index < -0.39 is 17.7 Å². The van der Waals surface area contributed by atoms with Crippen LogP contribution >= 0.6 is 15.9 Å². The van der Waals surface area contributed by atoms with E-state index in [9.17, 15) is 9.59 Å². The number of carbonyl (C=O) groups is 2. The van der Waals surface area contributed by atoms with Crippen LogP contribution in [-0.4, -0.2) is 23.5 Å². The second-order valence-electron chi connectivity index (χ2n) is 5.64. The van der Waals surface area contributed by atoms with Gasteiger partial charge in [0.2, 0.25) is 0 Å². The van der Waals surface area contributed by atoms with Crippen LogP contribution in [0.2, 0.25) is 0 Å². The van der Waals surface area contributed by atoms with E-state index >= 15 is 0 Å². The van der Waals surface area contributed by atoms with Crippen molar-refractivity contribution in [2.75, 3.05) is 0 Å². The predicted molar refractivity (Wildman–Crippen MR) is 81.7 cm³/mol. The maximum absolute atomic E-state index is 11.7. The number of hydrogen-bond acceptors (Lipinski definition) is 3. The van der Waals surface area contributed by atoms with Crippen LogP contribution < -0.4 is 5.32 Å². The van der Waals surface area contributed by atoms with E-state index in [-0.39, 0.29) is 5.78 Å². The molecule has 1 atom stereocenters. The molecular weight excluding hydrogens is 322 g/mol. The molecule has 1 amide bonds. The zero-order valence-electron chi connectivity index (χ0n) is 12.2. The quantitative estimate of drug-likeness (QED) is 0.912. The van der Waals surface area contributed by atoms with Crippen molar-refractivity contribution >= 4 is 27.8 Å². The van der Waals surface area contributed by atoms with Gasteiger partial charge in [0.1, 0.15) is 5.60 Å². The minimum absolute atomic E-state index is 0.0984. The molecule has 0 fully saturated rings. The zero-order valence-corrected chi connectivity index (χ0v) is 13.8. The lowest BCUT2D eigenvalue weighted by atomic mass is 10.0. The molecule has 0 aromatic heterocycles. The minimum Gasteiger partial charge on any atom is -0.444 e. The lowest BCUT2D eigenvalue weighted by Crippen LogP contribution is -2.43. The lowest BCUT2D eigenvalue weighted by Gasteiger charge is -2.22. The summed E-state index contributed by atoms with van der Waals surface area (Å²) >= 11 is 3.36. The summed E-state index contributed by atoms with van der Waals surface area (Å²) in [5.41, 5.74) is 0.396. The molecule has 0 bridgehead atoms. The van der Waals surface area contributed by atoms with E-state index in [4.69, 9.17) is 4.74 Å². The summed E-state index contributed by atoms with van der Waals surface area (Å²) in [4.78, 5) is 23.4. The SMILES string of the molecule is CC(=O)[C@@H](Cc1ccc(Br)cc1)NC(=O)OC(C)(C)C. The van der Waals surface area contributed by atoms with Gasteiger partial charge in [0.25, 0.3) is 0 Å². The van der Waals surface area contributed by atoms with Crippen molar-refractivity contribution in [1.29, 1.82) is 0 Å². The second-order valence-corrected chi connectivity index (χ2v) is 6.56. The molecule has 1 aromatic carbocycles. The van der Waals surface area contributed by atoms with Gasteiger partial charge in [-0.25, -0.2) is 4.79 Å². The van der Waals surface area contributed by atoms with Crippen LogP contribution in [0.4, 0.5) is 4.79 Å². The number of halogens is 1. The monoisotopic (exact) mass is 341 g/mol. The summed E-state index contributed by atoms with van der Waals surface area (Å²) < 4.78 is 6.14. The maximum Gasteiger partial charge on any atom is 0.408 e. The molecular formula is C15H20BrNO3. The Kier molecular flexibility index (Phi) is 5.74. The number of nitrogens with one attached hydrogen (secondary N) is 1. The summed E-state index contributed by atoms with van der Waals surface area (Å²) in [5, 5.41) is 2.61. The largest absolute Gasteiger partial charge is 0.444 e. The number of carbonyl (C=O) groups excluding carboxylic acids is 2. The topological polar surface area (TPSA) is 55.4 Å². The standard InChI is InChI=1S/C15H20BrNO3/c1-10(18)13(17-14(19)20-15(2,3)4)9-11-5-7-12(16)8-6-11/h5-8,13H,9H2,1-4H3,(H,17,19)/t13-/m1/s1. The first-order chi connectivity index (χ1) is 9.17. The number of hydrogen-bond donors (Lipinski definition) is 1. The molecule has 5 heteroatoms. The molecule has 4 nitrogen and oxygen atoms in total. The van der Waals surface area contributed by atoms with Crippen molar-refractivity contribution in [1.82, 2.24) is 5.32 Å². The summed E-state index contributed by atoms with van der Waals surface area (Å²) in [6.45, 7) is 6.80. The number of ether oxygens (including phenoxy) is 1. The maximum atomic E-state index is 11.7. The first kappa shape index (κ1) is 16.7. The first-order valence-corrected chi connectivity index (χ1v) is 7.21. The Morgan fingerprint density at radius 3 is 2.25 bits per heavy atom. The number of Topliss-reactive ketones (excluding diaryl/α,β-unsaturated/α-hetero) is 1. The molecule has 0 saturated heterocycles. The smallest absolute Gasteiger partial charge is 0.408 e. The second kappa shape index (κ2) is 6.88. The number of amides is 1. The molecule has 0 aliphatic rings. The summed E-state index contributed by atoms with van der Waals surface area (Å²) in [6.07, 6.45) is -0.128. The molecule has 0 aliphatic heterocycles. The first-order valence-electron chi connectivity index (χ1n) is 6.42. The fraction of sp³-hybridized carbons (Fsp3) is 0.467. The van der Waals surface area contributed by atoms with Crippen LogP contribution in [0.5, 0.6) is 0 Å². The summed E-state index contributed by atoms with van der Waals surface area (Å²) in [7, 11) is 0. The highest BCUT2D eigenvalue weighted by atomic mass is 79.9. The Morgan fingerprint density at radius 2 is 1.80 bits per heavy atom. The van der Waals surface area contributed by atoms with E-state index in [2.05, 4.69) is 21.2 Å². The van der Waals surface area contributed by atoms with Gasteiger partial charge in [-0.15, -0.1) is 0 Å². The fourth-order valence-corrected chi connectivity index (χ4v) is 1.87. The molecule has 0 aliphatic carbocycles. The Bertz CT molecular complexity index is 477. The van der Waals surface area contributed by atoms with Gasteiger partial charge >= 0.3 is 6.09 Å². The van der Waals surface area contributed by atoms with Crippen molar-refractivity contribution in [2.24, 2.45) is 0 Å². The third-order valence-corrected chi connectivity index (χ3v) is 3.06. The van der Waals surface area contributed by atoms with Gasteiger partial charge in [0.15, 0.2) is 5.78 Å². The number of benzene rings is 1. The molecule has 110 valence electrons. The van der Waals surface area contributed by atoms with E-state index in [0.29, 0.717) is 6.42 Å². The van der Waals surface area contributed by atoms with E-state index in [1.807, 2.05) is 24.3 Å². The van der Waals surface area contributed by atoms with Gasteiger partial charge in [-0.3, -0.25) is 4.79 Å². The fourth-order valence-electron chi connectivity index (χ4n) is 1.60. The van der Waals surface area contributed by atoms with Crippen LogP contribution in [0.15, 0.2) is 28.7 Å². The highest BCUT2D eigenvalue weighted by Gasteiger charge is 2.22. The van der Waals surface area contributed by atoms with Crippen molar-refractivity contribution in [2.45, 2.75) is 45.8 Å². The third kappa shape index (κ3) is 6.19. The number of rotatable bonds is 4. The average Bonchev–Trinajstić information content (AvgIpc) is 2.28. The molecule has 0 unspecified atom stereocenters. The average molecular weight is 342 g/mol. The predicted octanol–water partition coefficient (Wildman–Crippen LogP) is 3.47. The summed E-state index contributed by atoms with van der Waals surface area (Å²) in [6, 6.07) is 7.05. The Morgan fingerprint density at radius 1 is 1.25 bits per heavy atom. The van der Waals surface area contributed by atoms with Crippen LogP contribution in [0.25, 0.3) is 0 Å². The zero-order chi connectivity index (χ0) is 15.3. The van der Waals surface area contributed by atoms with E-state index in [1.54, 1.807) is 20.8 Å². The van der Waals surface area contributed by atoms with Crippen molar-refractivity contribution < 1.29 is 14.3 Å². The molecule has 1 rings (SSSR count). The highest BCUT2D eigenvalue weighted by molar-refractivity contribution is 9.10. The Balaban J connectivity index is 2.68. The summed E-state index contributed by atoms with van der Waals surface area (Å²) in [5.74, 6) is -0.0984. The number of ketones is 1. The Hall–Kier alpha value is -1.36. The van der Waals surface area contributed by atoms with Gasteiger partial charge in [-0.05, 0) is 51.8 Å². The van der Waals surface area contributed by atoms with Gasteiger partial charge in [0, 0.05) is 4.47 Å². The molecule has 1 N–H and O–H groups in total. The molecule has 0 saturated carbocycles.